The number of aromatic nitrogens is 4. The summed E-state index contributed by atoms with van der Waals surface area (Å²) in [6, 6.07) is 22.7. The number of carbonyl (C=O) groups excluding carboxylic acids is 2. The van der Waals surface area contributed by atoms with Crippen molar-refractivity contribution in [1.29, 1.82) is 0 Å². The minimum atomic E-state index is -3.92. The van der Waals surface area contributed by atoms with Gasteiger partial charge in [0.15, 0.2) is 0 Å². The molecule has 2 N–H and O–H groups in total. The van der Waals surface area contributed by atoms with Gasteiger partial charge in [0, 0.05) is 69.7 Å². The summed E-state index contributed by atoms with van der Waals surface area (Å²) in [6.07, 6.45) is 3.42. The van der Waals surface area contributed by atoms with Crippen LogP contribution in [0.3, 0.4) is 0 Å². The van der Waals surface area contributed by atoms with Gasteiger partial charge < -0.3 is 20.3 Å². The summed E-state index contributed by atoms with van der Waals surface area (Å²) in [4.78, 5) is 31.6. The average Bonchev–Trinajstić information content (AvgIpc) is 3.55. The second-order valence-corrected chi connectivity index (χ2v) is 15.7. The lowest BCUT2D eigenvalue weighted by Gasteiger charge is -2.27. The highest BCUT2D eigenvalue weighted by molar-refractivity contribution is 7.87. The Morgan fingerprint density at radius 2 is 1.65 bits per heavy atom. The van der Waals surface area contributed by atoms with Gasteiger partial charge in [-0.2, -0.15) is 12.7 Å². The van der Waals surface area contributed by atoms with Gasteiger partial charge in [-0.05, 0) is 85.0 Å². The predicted octanol–water partition coefficient (Wildman–Crippen LogP) is 6.21. The Balaban J connectivity index is 1.20. The number of anilines is 1. The summed E-state index contributed by atoms with van der Waals surface area (Å²) in [5.74, 6) is -0.218. The van der Waals surface area contributed by atoms with Gasteiger partial charge in [-0.15, -0.1) is 9.19 Å². The number of nitrogens with zero attached hydrogens (tertiary/aromatic N) is 6. The average molecular weight is 747 g/mol. The number of carbonyl (C=O) groups is 2. The number of ether oxygens (including phenoxy) is 1. The number of benzene rings is 3. The summed E-state index contributed by atoms with van der Waals surface area (Å²) in [5, 5.41) is 14.9. The van der Waals surface area contributed by atoms with E-state index in [1.54, 1.807) is 39.2 Å². The lowest BCUT2D eigenvalue weighted by atomic mass is 10.0. The Morgan fingerprint density at radius 1 is 0.923 bits per heavy atom. The molecular weight excluding hydrogens is 704 g/mol. The maximum Gasteiger partial charge on any atom is 0.410 e. The molecule has 0 bridgehead atoms. The Labute approximate surface area is 309 Å². The molecule has 274 valence electrons. The van der Waals surface area contributed by atoms with Gasteiger partial charge in [-0.3, -0.25) is 9.78 Å². The molecule has 0 saturated heterocycles. The van der Waals surface area contributed by atoms with E-state index in [0.29, 0.717) is 41.3 Å². The van der Waals surface area contributed by atoms with Gasteiger partial charge >= 0.3 is 16.3 Å². The van der Waals surface area contributed by atoms with Gasteiger partial charge in [-0.1, -0.05) is 54.1 Å². The van der Waals surface area contributed by atoms with E-state index in [2.05, 4.69) is 25.9 Å². The second kappa shape index (κ2) is 16.5. The van der Waals surface area contributed by atoms with Crippen molar-refractivity contribution in [3.05, 3.63) is 95.8 Å². The maximum absolute atomic E-state index is 13.2. The molecule has 2 aromatic heterocycles. The Morgan fingerprint density at radius 3 is 2.33 bits per heavy atom. The fourth-order valence-electron chi connectivity index (χ4n) is 5.33. The largest absolute Gasteiger partial charge is 0.444 e. The highest BCUT2D eigenvalue weighted by atomic mass is 35.5. The van der Waals surface area contributed by atoms with Crippen molar-refractivity contribution in [2.75, 3.05) is 39.0 Å². The molecule has 3 aromatic carbocycles. The van der Waals surface area contributed by atoms with Gasteiger partial charge in [-0.25, -0.2) is 4.79 Å². The molecule has 0 saturated carbocycles. The Bertz CT molecular complexity index is 2120. The van der Waals surface area contributed by atoms with Crippen molar-refractivity contribution in [3.63, 3.8) is 0 Å². The predicted molar refractivity (Wildman–Crippen MR) is 203 cm³/mol. The van der Waals surface area contributed by atoms with Crippen LogP contribution in [-0.4, -0.2) is 88.3 Å². The van der Waals surface area contributed by atoms with Crippen LogP contribution in [-0.2, 0) is 26.3 Å². The molecule has 0 atom stereocenters. The monoisotopic (exact) mass is 746 g/mol. The van der Waals surface area contributed by atoms with E-state index in [1.165, 1.54) is 19.0 Å². The third-order valence-corrected chi connectivity index (χ3v) is 9.90. The molecule has 0 spiro atoms. The van der Waals surface area contributed by atoms with Crippen LogP contribution < -0.4 is 10.6 Å². The van der Waals surface area contributed by atoms with Crippen LogP contribution >= 0.6 is 11.6 Å². The Hall–Kier alpha value is -5.05. The van der Waals surface area contributed by atoms with Gasteiger partial charge in [0.2, 0.25) is 5.91 Å². The fourth-order valence-corrected chi connectivity index (χ4v) is 6.47. The van der Waals surface area contributed by atoms with E-state index in [-0.39, 0.29) is 25.4 Å². The van der Waals surface area contributed by atoms with E-state index >= 15 is 0 Å². The van der Waals surface area contributed by atoms with Crippen LogP contribution in [0.25, 0.3) is 33.3 Å². The first-order valence-electron chi connectivity index (χ1n) is 16.8. The zero-order chi connectivity index (χ0) is 37.5. The number of amides is 2. The molecule has 2 amide bonds. The Kier molecular flexibility index (Phi) is 12.1. The number of hydrogen-bond donors (Lipinski definition) is 2. The standard InChI is InChI=1S/C37H43ClN8O5S/c1-37(2,3)51-36(48)45(25-26-12-13-30(31(38)22-26)28-10-7-6-8-11-28)21-16-34(47)41-18-9-17-40-32-23-29(27-14-19-39-20-15-27)24-33-35(32)42-43-46(33)52(49,50)44(4)5/h6-8,10-15,19-20,22-24,40H,9,16-18,21,25H2,1-5H3,(H,41,47). The van der Waals surface area contributed by atoms with E-state index in [9.17, 15) is 18.0 Å². The summed E-state index contributed by atoms with van der Waals surface area (Å²) < 4.78 is 33.6. The molecule has 13 nitrogen and oxygen atoms in total. The number of nitrogens with one attached hydrogen (secondary N) is 2. The summed E-state index contributed by atoms with van der Waals surface area (Å²) in [5.41, 5.74) is 4.89. The molecule has 5 rings (SSSR count). The van der Waals surface area contributed by atoms with E-state index in [4.69, 9.17) is 16.3 Å². The van der Waals surface area contributed by atoms with Crippen molar-refractivity contribution in [2.24, 2.45) is 0 Å². The molecule has 0 aliphatic rings. The van der Waals surface area contributed by atoms with Gasteiger partial charge in [0.25, 0.3) is 0 Å². The minimum Gasteiger partial charge on any atom is -0.444 e. The normalized spacial score (nSPS) is 11.8. The molecule has 0 aliphatic carbocycles. The first-order chi connectivity index (χ1) is 24.7. The number of rotatable bonds is 14. The van der Waals surface area contributed by atoms with Crippen molar-refractivity contribution >= 4 is 50.5 Å². The van der Waals surface area contributed by atoms with Crippen LogP contribution in [0.1, 0.15) is 39.2 Å². The first-order valence-corrected chi connectivity index (χ1v) is 18.6. The summed E-state index contributed by atoms with van der Waals surface area (Å²) in [6.45, 7) is 6.56. The van der Waals surface area contributed by atoms with Crippen LogP contribution in [0.15, 0.2) is 85.2 Å². The van der Waals surface area contributed by atoms with Crippen molar-refractivity contribution in [2.45, 2.75) is 45.8 Å². The van der Waals surface area contributed by atoms with Gasteiger partial charge in [0.1, 0.15) is 16.6 Å². The van der Waals surface area contributed by atoms with Crippen molar-refractivity contribution < 1.29 is 22.7 Å². The summed E-state index contributed by atoms with van der Waals surface area (Å²) in [7, 11) is -1.06. The molecule has 0 aliphatic heterocycles. The third kappa shape index (κ3) is 9.63. The molecular formula is C37H43ClN8O5S. The third-order valence-electron chi connectivity index (χ3n) is 7.96. The van der Waals surface area contributed by atoms with Crippen LogP contribution in [0.4, 0.5) is 10.5 Å². The first kappa shape index (κ1) is 38.2. The SMILES string of the molecule is CN(C)S(=O)(=O)n1nnc2c(NCCCNC(=O)CCN(Cc3ccc(-c4ccccc4)c(Cl)c3)C(=O)OC(C)(C)C)cc(-c3ccncc3)cc21. The number of hydrogen-bond acceptors (Lipinski definition) is 9. The van der Waals surface area contributed by atoms with Crippen molar-refractivity contribution in [3.8, 4) is 22.3 Å². The molecule has 5 aromatic rings. The van der Waals surface area contributed by atoms with E-state index in [1.807, 2.05) is 66.7 Å². The topological polar surface area (TPSA) is 152 Å². The van der Waals surface area contributed by atoms with Crippen LogP contribution in [0.2, 0.25) is 5.02 Å². The molecule has 0 unspecified atom stereocenters. The number of fused-ring (bicyclic) bond motifs is 1. The smallest absolute Gasteiger partial charge is 0.410 e. The lowest BCUT2D eigenvalue weighted by Crippen LogP contribution is -2.39. The zero-order valence-corrected chi connectivity index (χ0v) is 31.4. The fraction of sp³-hybridized carbons (Fsp3) is 0.324. The zero-order valence-electron chi connectivity index (χ0n) is 29.8. The molecule has 2 heterocycles. The van der Waals surface area contributed by atoms with E-state index in [0.717, 1.165) is 36.2 Å². The quantitative estimate of drug-likeness (QED) is 0.126. The highest BCUT2D eigenvalue weighted by Crippen LogP contribution is 2.31. The van der Waals surface area contributed by atoms with Crippen molar-refractivity contribution in [1.82, 2.24) is 33.9 Å². The van der Waals surface area contributed by atoms with Crippen LogP contribution in [0.5, 0.6) is 0 Å². The van der Waals surface area contributed by atoms with E-state index < -0.39 is 21.9 Å². The maximum atomic E-state index is 13.2. The highest BCUT2D eigenvalue weighted by Gasteiger charge is 2.25. The number of halogens is 1. The van der Waals surface area contributed by atoms with Gasteiger partial charge in [0.05, 0.1) is 5.69 Å². The molecule has 0 fully saturated rings. The summed E-state index contributed by atoms with van der Waals surface area (Å²) >= 11 is 6.64. The minimum absolute atomic E-state index is 0.0700. The number of pyridine rings is 1. The second-order valence-electron chi connectivity index (χ2n) is 13.3. The molecule has 0 radical (unpaired) electrons. The molecule has 52 heavy (non-hydrogen) atoms. The lowest BCUT2D eigenvalue weighted by molar-refractivity contribution is -0.121. The van der Waals surface area contributed by atoms with Crippen LogP contribution in [0, 0.1) is 0 Å². The molecule has 15 heteroatoms.